The minimum Gasteiger partial charge on any atom is -0.388 e. The highest BCUT2D eigenvalue weighted by molar-refractivity contribution is 8.68. The zero-order valence-electron chi connectivity index (χ0n) is 18.8. The fourth-order valence-corrected chi connectivity index (χ4v) is 11.8. The summed E-state index contributed by atoms with van der Waals surface area (Å²) in [6.07, 6.45) is 2.14. The van der Waals surface area contributed by atoms with Crippen molar-refractivity contribution in [3.05, 3.63) is 44.8 Å². The number of rotatable bonds is 5. The van der Waals surface area contributed by atoms with Crippen LogP contribution in [0.4, 0.5) is 0 Å². The molecule has 1 saturated carbocycles. The molecule has 178 valence electrons. The maximum atomic E-state index is 12.3. The van der Waals surface area contributed by atoms with E-state index >= 15 is 0 Å². The van der Waals surface area contributed by atoms with Gasteiger partial charge < -0.3 is 18.9 Å². The van der Waals surface area contributed by atoms with Crippen LogP contribution in [-0.4, -0.2) is 44.3 Å². The first-order valence-corrected chi connectivity index (χ1v) is 14.9. The van der Waals surface area contributed by atoms with Crippen LogP contribution in [0, 0.1) is 18.8 Å². The number of hydrogen-bond acceptors (Lipinski definition) is 8. The molecule has 2 saturated heterocycles. The van der Waals surface area contributed by atoms with Gasteiger partial charge in [0.05, 0.1) is 18.8 Å². The smallest absolute Gasteiger partial charge is 0.330 e. The molecule has 1 aromatic heterocycles. The van der Waals surface area contributed by atoms with Gasteiger partial charge in [-0.15, -0.1) is 0 Å². The van der Waals surface area contributed by atoms with Gasteiger partial charge in [0.1, 0.15) is 6.10 Å². The zero-order chi connectivity index (χ0) is 23.4. The summed E-state index contributed by atoms with van der Waals surface area (Å²) in [6, 6.07) is 0. The summed E-state index contributed by atoms with van der Waals surface area (Å²) in [7, 11) is 0. The molecular weight excluding hydrogens is 471 g/mol. The van der Waals surface area contributed by atoms with E-state index in [0.29, 0.717) is 11.5 Å². The van der Waals surface area contributed by atoms with Gasteiger partial charge in [-0.2, -0.15) is 0 Å². The van der Waals surface area contributed by atoms with Crippen molar-refractivity contribution in [3.8, 4) is 0 Å². The third-order valence-corrected chi connectivity index (χ3v) is 12.8. The molecule has 0 aromatic carbocycles. The van der Waals surface area contributed by atoms with Crippen LogP contribution in [0.15, 0.2) is 27.9 Å². The first-order chi connectivity index (χ1) is 14.9. The number of ether oxygens (including phenoxy) is 1. The van der Waals surface area contributed by atoms with Crippen molar-refractivity contribution in [2.24, 2.45) is 11.8 Å². The van der Waals surface area contributed by atoms with Crippen LogP contribution in [0.1, 0.15) is 51.8 Å². The summed E-state index contributed by atoms with van der Waals surface area (Å²) in [4.78, 5) is 26.2. The van der Waals surface area contributed by atoms with E-state index in [1.165, 1.54) is 16.3 Å². The third kappa shape index (κ3) is 4.48. The number of aryl methyl sites for hydroxylation is 1. The van der Waals surface area contributed by atoms with Crippen LogP contribution in [0.3, 0.4) is 0 Å². The summed E-state index contributed by atoms with van der Waals surface area (Å²) < 4.78 is 19.7. The van der Waals surface area contributed by atoms with Crippen molar-refractivity contribution in [2.45, 2.75) is 76.2 Å². The van der Waals surface area contributed by atoms with Gasteiger partial charge in [-0.3, -0.25) is 14.3 Å². The molecule has 8 nitrogen and oxygen atoms in total. The molecule has 8 atom stereocenters. The topological polar surface area (TPSA) is 103 Å². The monoisotopic (exact) mass is 502 g/mol. The number of nitrogens with one attached hydrogen (secondary N) is 1. The average Bonchev–Trinajstić information content (AvgIpc) is 3.15. The van der Waals surface area contributed by atoms with Gasteiger partial charge in [-0.25, -0.2) is 4.79 Å². The molecule has 0 bridgehead atoms. The maximum Gasteiger partial charge on any atom is 0.330 e. The Morgan fingerprint density at radius 3 is 2.94 bits per heavy atom. The number of aromatic amines is 1. The number of nitrogens with zero attached hydrogens (tertiary/aromatic N) is 1. The van der Waals surface area contributed by atoms with E-state index in [1.807, 2.05) is 6.92 Å². The quantitative estimate of drug-likeness (QED) is 0.467. The van der Waals surface area contributed by atoms with E-state index < -0.39 is 35.4 Å². The minimum atomic E-state index is -2.57. The Balaban J connectivity index is 1.44. The van der Waals surface area contributed by atoms with Crippen LogP contribution < -0.4 is 11.2 Å². The maximum absolute atomic E-state index is 12.3. The molecule has 0 amide bonds. The molecule has 2 aliphatic heterocycles. The van der Waals surface area contributed by atoms with E-state index in [9.17, 15) is 14.7 Å². The highest BCUT2D eigenvalue weighted by Crippen LogP contribution is 2.75. The molecule has 1 aliphatic carbocycles. The van der Waals surface area contributed by atoms with Gasteiger partial charge in [-0.05, 0) is 57.8 Å². The van der Waals surface area contributed by atoms with Crippen LogP contribution in [0.2, 0.25) is 0 Å². The van der Waals surface area contributed by atoms with E-state index in [4.69, 9.17) is 25.6 Å². The number of hydrogen-bond donors (Lipinski definition) is 2. The molecule has 2 N–H and O–H groups in total. The summed E-state index contributed by atoms with van der Waals surface area (Å²) in [6.45, 7) is 12.0. The van der Waals surface area contributed by atoms with Crippen molar-refractivity contribution in [1.82, 2.24) is 9.55 Å². The van der Waals surface area contributed by atoms with Crippen molar-refractivity contribution >= 4 is 28.9 Å². The number of fused-ring (bicyclic) bond motifs is 1. The lowest BCUT2D eigenvalue weighted by Crippen LogP contribution is -2.39. The van der Waals surface area contributed by atoms with Gasteiger partial charge in [0.2, 0.25) is 5.69 Å². The van der Waals surface area contributed by atoms with Crippen LogP contribution in [0.5, 0.6) is 0 Å². The highest BCUT2D eigenvalue weighted by Gasteiger charge is 2.54. The number of allylic oxidation sites excluding steroid dienone is 1. The fourth-order valence-electron chi connectivity index (χ4n) is 4.67. The number of H-pyrrole nitrogens is 1. The van der Waals surface area contributed by atoms with E-state index in [2.05, 4.69) is 25.4 Å². The second-order valence-electron chi connectivity index (χ2n) is 9.45. The lowest BCUT2D eigenvalue weighted by Gasteiger charge is -2.37. The summed E-state index contributed by atoms with van der Waals surface area (Å²) >= 11 is 7.47. The van der Waals surface area contributed by atoms with Crippen molar-refractivity contribution in [1.29, 1.82) is 0 Å². The Morgan fingerprint density at radius 1 is 1.53 bits per heavy atom. The molecule has 11 heteroatoms. The second-order valence-corrected chi connectivity index (χ2v) is 16.1. The molecule has 32 heavy (non-hydrogen) atoms. The van der Waals surface area contributed by atoms with Crippen LogP contribution in [0.25, 0.3) is 0 Å². The Bertz CT molecular complexity index is 1070. The van der Waals surface area contributed by atoms with Crippen molar-refractivity contribution < 1.29 is 18.9 Å². The van der Waals surface area contributed by atoms with Crippen LogP contribution >= 0.6 is 17.1 Å². The number of aromatic nitrogens is 2. The Kier molecular flexibility index (Phi) is 6.71. The Hall–Kier alpha value is -0.740. The van der Waals surface area contributed by atoms with Crippen molar-refractivity contribution in [3.63, 3.8) is 0 Å². The van der Waals surface area contributed by atoms with Gasteiger partial charge in [0.25, 0.3) is 5.56 Å². The van der Waals surface area contributed by atoms with Gasteiger partial charge in [0, 0.05) is 22.4 Å². The first kappa shape index (κ1) is 24.4. The summed E-state index contributed by atoms with van der Waals surface area (Å²) in [5, 5.41) is 10.7. The number of aliphatic hydroxyl groups excluding tert-OH is 1. The van der Waals surface area contributed by atoms with E-state index in [0.717, 1.165) is 19.3 Å². The lowest BCUT2D eigenvalue weighted by atomic mass is 9.77. The SMILES string of the molecule is C=C(C)[C@@H]1CC[C@]2(C)S[P@@](=S)(OC[C@H]3O[C@@H](n4cc(C)c(=O)[nH]c4=O)[C@H](O)[C@@H]3C)O[C@H]2C1. The average molecular weight is 503 g/mol. The summed E-state index contributed by atoms with van der Waals surface area (Å²) in [5.74, 6) is 0.155. The lowest BCUT2D eigenvalue weighted by molar-refractivity contribution is -0.0509. The molecule has 3 fully saturated rings. The molecule has 0 radical (unpaired) electrons. The predicted octanol–water partition coefficient (Wildman–Crippen LogP) is 3.25. The van der Waals surface area contributed by atoms with Gasteiger partial charge in [0.15, 0.2) is 6.23 Å². The standard InChI is InChI=1S/C21H31N2O6PS2/c1-11(2)14-6-7-21(5)16(8-14)29-30(31,32-21)27-10-15-13(4)17(24)19(28-15)23-9-12(3)18(25)22-20(23)26/h9,13-17,19,24H,1,6-8,10H2,2-5H3,(H,22,25,26)/t13-,14-,15-,16+,17-,19-,21+,30+/m1/s1. The molecular formula is C21H31N2O6PS2. The molecule has 0 unspecified atom stereocenters. The first-order valence-electron chi connectivity index (χ1n) is 10.9. The predicted molar refractivity (Wildman–Crippen MR) is 128 cm³/mol. The van der Waals surface area contributed by atoms with E-state index in [-0.39, 0.29) is 23.4 Å². The van der Waals surface area contributed by atoms with Gasteiger partial charge >= 0.3 is 5.69 Å². The molecule has 1 aromatic rings. The third-order valence-electron chi connectivity index (χ3n) is 6.99. The van der Waals surface area contributed by atoms with Crippen LogP contribution in [-0.2, 0) is 25.6 Å². The Morgan fingerprint density at radius 2 is 2.25 bits per heavy atom. The minimum absolute atomic E-state index is 0.0386. The van der Waals surface area contributed by atoms with E-state index in [1.54, 1.807) is 18.3 Å². The molecule has 4 rings (SSSR count). The van der Waals surface area contributed by atoms with Gasteiger partial charge in [-0.1, -0.05) is 30.5 Å². The zero-order valence-corrected chi connectivity index (χ0v) is 21.3. The van der Waals surface area contributed by atoms with Crippen molar-refractivity contribution in [2.75, 3.05) is 6.61 Å². The Labute approximate surface area is 196 Å². The number of aliphatic hydroxyl groups is 1. The molecule has 0 spiro atoms. The largest absolute Gasteiger partial charge is 0.388 e. The fraction of sp³-hybridized carbons (Fsp3) is 0.714. The second kappa shape index (κ2) is 8.80. The summed E-state index contributed by atoms with van der Waals surface area (Å²) in [5.41, 5.74) is -2.10. The normalized spacial score (nSPS) is 41.5. The highest BCUT2D eigenvalue weighted by atomic mass is 32.9. The molecule has 3 aliphatic rings. The molecule has 3 heterocycles.